The SMILES string of the molecule is COc1ccc(CCn2nc(C(=O)N(C)C)c3c2CCN(Cc2nc4ccccc4s2)C3)cc1. The minimum absolute atomic E-state index is 0.0405. The number of amides is 1. The molecule has 1 aliphatic heterocycles. The molecular formula is C26H29N5O2S. The van der Waals surface area contributed by atoms with Crippen molar-refractivity contribution in [3.05, 3.63) is 76.1 Å². The highest BCUT2D eigenvalue weighted by atomic mass is 32.1. The van der Waals surface area contributed by atoms with Gasteiger partial charge in [-0.25, -0.2) is 4.98 Å². The van der Waals surface area contributed by atoms with E-state index in [0.29, 0.717) is 12.2 Å². The largest absolute Gasteiger partial charge is 0.497 e. The molecule has 8 heteroatoms. The zero-order chi connectivity index (χ0) is 23.7. The lowest BCUT2D eigenvalue weighted by molar-refractivity contribution is 0.0818. The molecule has 2 aromatic heterocycles. The number of carbonyl (C=O) groups excluding carboxylic acids is 1. The van der Waals surface area contributed by atoms with Crippen LogP contribution >= 0.6 is 11.3 Å². The van der Waals surface area contributed by atoms with E-state index in [1.165, 1.54) is 16.0 Å². The molecule has 0 fully saturated rings. The van der Waals surface area contributed by atoms with E-state index in [1.54, 1.807) is 37.4 Å². The summed E-state index contributed by atoms with van der Waals surface area (Å²) in [6.07, 6.45) is 1.72. The molecule has 0 bridgehead atoms. The van der Waals surface area contributed by atoms with Gasteiger partial charge in [0.05, 0.1) is 23.9 Å². The predicted octanol–water partition coefficient (Wildman–Crippen LogP) is 4.00. The van der Waals surface area contributed by atoms with Crippen LogP contribution in [0.3, 0.4) is 0 Å². The van der Waals surface area contributed by atoms with E-state index in [1.807, 2.05) is 22.9 Å². The number of aryl methyl sites for hydroxylation is 2. The van der Waals surface area contributed by atoms with Gasteiger partial charge in [0.2, 0.25) is 0 Å². The number of hydrogen-bond donors (Lipinski definition) is 0. The number of aromatic nitrogens is 3. The van der Waals surface area contributed by atoms with Crippen LogP contribution in [0, 0.1) is 0 Å². The Morgan fingerprint density at radius 1 is 1.15 bits per heavy atom. The van der Waals surface area contributed by atoms with Crippen LogP contribution < -0.4 is 4.74 Å². The lowest BCUT2D eigenvalue weighted by Gasteiger charge is -2.27. The highest BCUT2D eigenvalue weighted by Crippen LogP contribution is 2.28. The van der Waals surface area contributed by atoms with Gasteiger partial charge in [-0.15, -0.1) is 11.3 Å². The Kier molecular flexibility index (Phi) is 6.34. The smallest absolute Gasteiger partial charge is 0.274 e. The van der Waals surface area contributed by atoms with Crippen molar-refractivity contribution in [3.8, 4) is 5.75 Å². The second kappa shape index (κ2) is 9.56. The molecule has 34 heavy (non-hydrogen) atoms. The fourth-order valence-electron chi connectivity index (χ4n) is 4.46. The molecule has 0 saturated heterocycles. The van der Waals surface area contributed by atoms with Crippen molar-refractivity contribution in [2.75, 3.05) is 27.7 Å². The summed E-state index contributed by atoms with van der Waals surface area (Å²) in [5.74, 6) is 0.814. The molecule has 0 aliphatic carbocycles. The second-order valence-corrected chi connectivity index (χ2v) is 9.95. The number of rotatable bonds is 7. The van der Waals surface area contributed by atoms with Gasteiger partial charge in [0.15, 0.2) is 5.69 Å². The summed E-state index contributed by atoms with van der Waals surface area (Å²) in [7, 11) is 5.24. The summed E-state index contributed by atoms with van der Waals surface area (Å²) >= 11 is 1.74. The van der Waals surface area contributed by atoms with Crippen molar-refractivity contribution in [2.45, 2.75) is 32.5 Å². The van der Waals surface area contributed by atoms with E-state index in [9.17, 15) is 4.79 Å². The van der Waals surface area contributed by atoms with Crippen molar-refractivity contribution in [1.82, 2.24) is 24.6 Å². The summed E-state index contributed by atoms with van der Waals surface area (Å²) in [6, 6.07) is 16.4. The first-order valence-corrected chi connectivity index (χ1v) is 12.3. The molecule has 0 spiro atoms. The van der Waals surface area contributed by atoms with Crippen molar-refractivity contribution >= 4 is 27.5 Å². The number of para-hydroxylation sites is 1. The zero-order valence-corrected chi connectivity index (χ0v) is 20.6. The Morgan fingerprint density at radius 2 is 1.94 bits per heavy atom. The number of ether oxygens (including phenoxy) is 1. The minimum atomic E-state index is -0.0405. The first kappa shape index (κ1) is 22.6. The maximum absolute atomic E-state index is 13.0. The quantitative estimate of drug-likeness (QED) is 0.404. The average molecular weight is 476 g/mol. The van der Waals surface area contributed by atoms with Gasteiger partial charge in [0, 0.05) is 51.4 Å². The van der Waals surface area contributed by atoms with Crippen molar-refractivity contribution < 1.29 is 9.53 Å². The molecule has 0 radical (unpaired) electrons. The molecular weight excluding hydrogens is 446 g/mol. The lowest BCUT2D eigenvalue weighted by Crippen LogP contribution is -2.32. The number of benzene rings is 2. The first-order chi connectivity index (χ1) is 16.5. The third-order valence-electron chi connectivity index (χ3n) is 6.29. The van der Waals surface area contributed by atoms with Crippen molar-refractivity contribution in [1.29, 1.82) is 0 Å². The van der Waals surface area contributed by atoms with Crippen molar-refractivity contribution in [3.63, 3.8) is 0 Å². The van der Waals surface area contributed by atoms with Gasteiger partial charge >= 0.3 is 0 Å². The highest BCUT2D eigenvalue weighted by molar-refractivity contribution is 7.18. The average Bonchev–Trinajstić information content (AvgIpc) is 3.43. The van der Waals surface area contributed by atoms with Crippen LogP contribution in [0.15, 0.2) is 48.5 Å². The van der Waals surface area contributed by atoms with Crippen LogP contribution in [-0.4, -0.2) is 58.2 Å². The fourth-order valence-corrected chi connectivity index (χ4v) is 5.47. The Morgan fingerprint density at radius 3 is 2.68 bits per heavy atom. The standard InChI is InChI=1S/C26H29N5O2S/c1-29(2)26(32)25-20-16-30(17-24-27-21-6-4-5-7-23(21)34-24)14-13-22(20)31(28-25)15-12-18-8-10-19(33-3)11-9-18/h4-11H,12-17H2,1-3H3. The molecule has 2 aromatic carbocycles. The van der Waals surface area contributed by atoms with Crippen LogP contribution in [0.4, 0.5) is 0 Å². The summed E-state index contributed by atoms with van der Waals surface area (Å²) < 4.78 is 8.52. The van der Waals surface area contributed by atoms with Gasteiger partial charge < -0.3 is 9.64 Å². The predicted molar refractivity (Wildman–Crippen MR) is 134 cm³/mol. The Hall–Kier alpha value is -3.23. The third kappa shape index (κ3) is 4.56. The molecule has 5 rings (SSSR count). The Labute approximate surface area is 203 Å². The van der Waals surface area contributed by atoms with Gasteiger partial charge in [-0.05, 0) is 36.2 Å². The first-order valence-electron chi connectivity index (χ1n) is 11.5. The van der Waals surface area contributed by atoms with Crippen molar-refractivity contribution in [2.24, 2.45) is 0 Å². The van der Waals surface area contributed by atoms with Crippen LogP contribution in [0.2, 0.25) is 0 Å². The summed E-state index contributed by atoms with van der Waals surface area (Å²) in [6.45, 7) is 3.16. The lowest BCUT2D eigenvalue weighted by atomic mass is 10.0. The summed E-state index contributed by atoms with van der Waals surface area (Å²) in [5.41, 5.74) is 5.08. The molecule has 1 aliphatic rings. The number of thiazole rings is 1. The molecule has 0 atom stereocenters. The number of carbonyl (C=O) groups is 1. The maximum Gasteiger partial charge on any atom is 0.274 e. The van der Waals surface area contributed by atoms with Gasteiger partial charge in [0.25, 0.3) is 5.91 Å². The molecule has 0 unspecified atom stereocenters. The van der Waals surface area contributed by atoms with E-state index in [0.717, 1.165) is 54.3 Å². The maximum atomic E-state index is 13.0. The number of nitrogens with zero attached hydrogens (tertiary/aromatic N) is 5. The molecule has 1 amide bonds. The van der Waals surface area contributed by atoms with Gasteiger partial charge in [-0.3, -0.25) is 14.4 Å². The molecule has 4 aromatic rings. The second-order valence-electron chi connectivity index (χ2n) is 8.83. The van der Waals surface area contributed by atoms with E-state index < -0.39 is 0 Å². The number of methoxy groups -OCH3 is 1. The monoisotopic (exact) mass is 475 g/mol. The van der Waals surface area contributed by atoms with Gasteiger partial charge in [-0.2, -0.15) is 5.10 Å². The van der Waals surface area contributed by atoms with E-state index in [-0.39, 0.29) is 5.91 Å². The summed E-state index contributed by atoms with van der Waals surface area (Å²) in [4.78, 5) is 21.8. The van der Waals surface area contributed by atoms with E-state index in [2.05, 4.69) is 35.2 Å². The fraction of sp³-hybridized carbons (Fsp3) is 0.346. The van der Waals surface area contributed by atoms with Crippen LogP contribution in [0.1, 0.15) is 32.3 Å². The molecule has 176 valence electrons. The minimum Gasteiger partial charge on any atom is -0.497 e. The normalized spacial score (nSPS) is 13.7. The topological polar surface area (TPSA) is 63.5 Å². The van der Waals surface area contributed by atoms with Crippen LogP contribution in [-0.2, 0) is 32.5 Å². The molecule has 0 saturated carbocycles. The summed E-state index contributed by atoms with van der Waals surface area (Å²) in [5, 5.41) is 5.91. The zero-order valence-electron chi connectivity index (χ0n) is 19.8. The highest BCUT2D eigenvalue weighted by Gasteiger charge is 2.29. The van der Waals surface area contributed by atoms with Gasteiger partial charge in [-0.1, -0.05) is 24.3 Å². The Bertz CT molecular complexity index is 1280. The molecule has 7 nitrogen and oxygen atoms in total. The third-order valence-corrected chi connectivity index (χ3v) is 7.31. The number of hydrogen-bond acceptors (Lipinski definition) is 6. The Balaban J connectivity index is 1.36. The molecule has 3 heterocycles. The van der Waals surface area contributed by atoms with E-state index >= 15 is 0 Å². The van der Waals surface area contributed by atoms with Crippen LogP contribution in [0.5, 0.6) is 5.75 Å². The molecule has 0 N–H and O–H groups in total. The number of fused-ring (bicyclic) bond motifs is 2. The van der Waals surface area contributed by atoms with E-state index in [4.69, 9.17) is 14.8 Å². The van der Waals surface area contributed by atoms with Gasteiger partial charge in [0.1, 0.15) is 10.8 Å². The van der Waals surface area contributed by atoms with Crippen LogP contribution in [0.25, 0.3) is 10.2 Å².